The van der Waals surface area contributed by atoms with Gasteiger partial charge in [-0.25, -0.2) is 13.4 Å². The standard InChI is InChI=1S/C16H16N4O3S/c21-24(22,15-9-17-11-19-15)20-8-6-13(10-20)23-14-5-1-3-12-4-2-7-18-16(12)14/h1-5,7,9,11,13H,6,8,10H2,(H,17,19)/t13-/m0/s1. The summed E-state index contributed by atoms with van der Waals surface area (Å²) in [5, 5.41) is 1.10. The maximum atomic E-state index is 12.5. The van der Waals surface area contributed by atoms with E-state index in [1.165, 1.54) is 16.8 Å². The Labute approximate surface area is 139 Å². The van der Waals surface area contributed by atoms with Gasteiger partial charge in [0, 0.05) is 18.1 Å². The highest BCUT2D eigenvalue weighted by molar-refractivity contribution is 7.89. The summed E-state index contributed by atoms with van der Waals surface area (Å²) in [6.07, 6.45) is 4.84. The van der Waals surface area contributed by atoms with Crippen molar-refractivity contribution in [3.8, 4) is 5.75 Å². The molecule has 1 N–H and O–H groups in total. The van der Waals surface area contributed by atoms with Crippen LogP contribution in [0.25, 0.3) is 10.9 Å². The van der Waals surface area contributed by atoms with E-state index in [1.54, 1.807) is 6.20 Å². The minimum atomic E-state index is -3.54. The molecule has 1 aliphatic rings. The molecule has 1 atom stereocenters. The molecule has 3 aromatic rings. The van der Waals surface area contributed by atoms with E-state index < -0.39 is 10.0 Å². The van der Waals surface area contributed by atoms with E-state index in [0.29, 0.717) is 25.3 Å². The Hall–Kier alpha value is -2.45. The van der Waals surface area contributed by atoms with Crippen LogP contribution in [0.2, 0.25) is 0 Å². The number of aromatic amines is 1. The van der Waals surface area contributed by atoms with Crippen LogP contribution >= 0.6 is 0 Å². The number of benzene rings is 1. The third kappa shape index (κ3) is 2.63. The molecule has 1 aliphatic heterocycles. The molecule has 124 valence electrons. The third-order valence-electron chi connectivity index (χ3n) is 4.09. The summed E-state index contributed by atoms with van der Waals surface area (Å²) in [6.45, 7) is 0.731. The van der Waals surface area contributed by atoms with Gasteiger partial charge in [-0.05, 0) is 18.6 Å². The lowest BCUT2D eigenvalue weighted by atomic mass is 10.2. The zero-order valence-corrected chi connectivity index (χ0v) is 13.6. The van der Waals surface area contributed by atoms with Gasteiger partial charge in [-0.15, -0.1) is 0 Å². The molecule has 24 heavy (non-hydrogen) atoms. The number of imidazole rings is 1. The number of rotatable bonds is 4. The molecule has 0 spiro atoms. The summed E-state index contributed by atoms with van der Waals surface area (Å²) in [4.78, 5) is 10.8. The first kappa shape index (κ1) is 15.1. The summed E-state index contributed by atoms with van der Waals surface area (Å²) in [5.74, 6) is 0.680. The first-order valence-electron chi connectivity index (χ1n) is 7.63. The Balaban J connectivity index is 1.53. The van der Waals surface area contributed by atoms with Gasteiger partial charge in [-0.1, -0.05) is 18.2 Å². The van der Waals surface area contributed by atoms with Gasteiger partial charge in [0.05, 0.1) is 19.1 Å². The predicted octanol–water partition coefficient (Wildman–Crippen LogP) is 1.80. The molecule has 0 saturated carbocycles. The van der Waals surface area contributed by atoms with Gasteiger partial charge in [0.25, 0.3) is 10.0 Å². The van der Waals surface area contributed by atoms with Crippen molar-refractivity contribution in [2.45, 2.75) is 17.6 Å². The molecular formula is C16H16N4O3S. The Morgan fingerprint density at radius 3 is 2.96 bits per heavy atom. The Kier molecular flexibility index (Phi) is 3.70. The van der Waals surface area contributed by atoms with Crippen LogP contribution < -0.4 is 4.74 Å². The van der Waals surface area contributed by atoms with Crippen molar-refractivity contribution < 1.29 is 13.2 Å². The molecule has 0 unspecified atom stereocenters. The number of nitrogens with one attached hydrogen (secondary N) is 1. The number of para-hydroxylation sites is 1. The van der Waals surface area contributed by atoms with Crippen molar-refractivity contribution in [1.29, 1.82) is 0 Å². The van der Waals surface area contributed by atoms with Crippen LogP contribution in [0.4, 0.5) is 0 Å². The van der Waals surface area contributed by atoms with Crippen LogP contribution in [0.3, 0.4) is 0 Å². The average molecular weight is 344 g/mol. The van der Waals surface area contributed by atoms with Crippen molar-refractivity contribution in [1.82, 2.24) is 19.3 Å². The molecule has 2 aromatic heterocycles. The molecule has 8 heteroatoms. The number of ether oxygens (including phenoxy) is 1. The third-order valence-corrected chi connectivity index (χ3v) is 5.88. The highest BCUT2D eigenvalue weighted by Crippen LogP contribution is 2.27. The summed E-state index contributed by atoms with van der Waals surface area (Å²) in [7, 11) is -3.54. The van der Waals surface area contributed by atoms with Gasteiger partial charge in [-0.2, -0.15) is 4.31 Å². The quantitative estimate of drug-likeness (QED) is 0.780. The van der Waals surface area contributed by atoms with Crippen molar-refractivity contribution in [2.24, 2.45) is 0 Å². The minimum Gasteiger partial charge on any atom is -0.487 e. The lowest BCUT2D eigenvalue weighted by Gasteiger charge is -2.17. The topological polar surface area (TPSA) is 88.2 Å². The highest BCUT2D eigenvalue weighted by atomic mass is 32.2. The van der Waals surface area contributed by atoms with Gasteiger partial charge < -0.3 is 9.72 Å². The van der Waals surface area contributed by atoms with Gasteiger partial charge in [0.1, 0.15) is 17.4 Å². The van der Waals surface area contributed by atoms with Crippen molar-refractivity contribution in [3.63, 3.8) is 0 Å². The number of hydrogen-bond acceptors (Lipinski definition) is 5. The summed E-state index contributed by atoms with van der Waals surface area (Å²) >= 11 is 0. The maximum absolute atomic E-state index is 12.5. The molecule has 0 radical (unpaired) electrons. The van der Waals surface area contributed by atoms with Crippen LogP contribution in [0, 0.1) is 0 Å². The van der Waals surface area contributed by atoms with Crippen LogP contribution in [-0.4, -0.2) is 46.9 Å². The molecular weight excluding hydrogens is 328 g/mol. The van der Waals surface area contributed by atoms with Crippen molar-refractivity contribution >= 4 is 20.9 Å². The van der Waals surface area contributed by atoms with E-state index in [0.717, 1.165) is 10.9 Å². The number of sulfonamides is 1. The highest BCUT2D eigenvalue weighted by Gasteiger charge is 2.34. The molecule has 1 aromatic carbocycles. The Morgan fingerprint density at radius 1 is 1.25 bits per heavy atom. The van der Waals surface area contributed by atoms with E-state index in [9.17, 15) is 8.42 Å². The van der Waals surface area contributed by atoms with Gasteiger partial charge in [-0.3, -0.25) is 4.98 Å². The van der Waals surface area contributed by atoms with E-state index >= 15 is 0 Å². The van der Waals surface area contributed by atoms with Crippen LogP contribution in [0.5, 0.6) is 5.75 Å². The van der Waals surface area contributed by atoms with Crippen molar-refractivity contribution in [3.05, 3.63) is 49.1 Å². The minimum absolute atomic E-state index is 0.106. The monoisotopic (exact) mass is 344 g/mol. The fraction of sp³-hybridized carbons (Fsp3) is 0.250. The predicted molar refractivity (Wildman–Crippen MR) is 88.1 cm³/mol. The fourth-order valence-corrected chi connectivity index (χ4v) is 4.27. The summed E-state index contributed by atoms with van der Waals surface area (Å²) in [5.41, 5.74) is 0.787. The Bertz CT molecular complexity index is 951. The van der Waals surface area contributed by atoms with Crippen LogP contribution in [-0.2, 0) is 10.0 Å². The van der Waals surface area contributed by atoms with Crippen LogP contribution in [0.1, 0.15) is 6.42 Å². The zero-order chi connectivity index (χ0) is 16.6. The Morgan fingerprint density at radius 2 is 2.12 bits per heavy atom. The zero-order valence-electron chi connectivity index (χ0n) is 12.8. The first-order valence-corrected chi connectivity index (χ1v) is 9.07. The van der Waals surface area contributed by atoms with E-state index in [1.807, 2.05) is 30.3 Å². The average Bonchev–Trinajstić information content (AvgIpc) is 3.28. The largest absolute Gasteiger partial charge is 0.487 e. The molecule has 1 fully saturated rings. The number of nitrogens with zero attached hydrogens (tertiary/aromatic N) is 3. The molecule has 0 bridgehead atoms. The molecule has 0 amide bonds. The number of H-pyrrole nitrogens is 1. The van der Waals surface area contributed by atoms with Gasteiger partial charge >= 0.3 is 0 Å². The van der Waals surface area contributed by atoms with Gasteiger partial charge in [0.15, 0.2) is 5.03 Å². The fourth-order valence-electron chi connectivity index (χ4n) is 2.89. The van der Waals surface area contributed by atoms with E-state index in [-0.39, 0.29) is 11.1 Å². The van der Waals surface area contributed by atoms with Crippen LogP contribution in [0.15, 0.2) is 54.1 Å². The van der Waals surface area contributed by atoms with E-state index in [4.69, 9.17) is 4.74 Å². The van der Waals surface area contributed by atoms with Crippen molar-refractivity contribution in [2.75, 3.05) is 13.1 Å². The lowest BCUT2D eigenvalue weighted by molar-refractivity contribution is 0.218. The first-order chi connectivity index (χ1) is 11.6. The molecule has 7 nitrogen and oxygen atoms in total. The summed E-state index contributed by atoms with van der Waals surface area (Å²) in [6, 6.07) is 9.59. The number of fused-ring (bicyclic) bond motifs is 1. The second-order valence-corrected chi connectivity index (χ2v) is 7.55. The smallest absolute Gasteiger partial charge is 0.260 e. The summed E-state index contributed by atoms with van der Waals surface area (Å²) < 4.78 is 32.4. The molecule has 3 heterocycles. The van der Waals surface area contributed by atoms with Gasteiger partial charge in [0.2, 0.25) is 0 Å². The van der Waals surface area contributed by atoms with E-state index in [2.05, 4.69) is 15.0 Å². The number of pyridine rings is 1. The molecule has 0 aliphatic carbocycles. The lowest BCUT2D eigenvalue weighted by Crippen LogP contribution is -2.31. The number of hydrogen-bond donors (Lipinski definition) is 1. The normalized spacial score (nSPS) is 18.9. The second-order valence-electron chi connectivity index (χ2n) is 5.64. The maximum Gasteiger partial charge on any atom is 0.260 e. The molecule has 4 rings (SSSR count). The SMILES string of the molecule is O=S(=O)(c1cnc[nH]1)N1CC[C@H](Oc2cccc3cccnc23)C1. The second kappa shape index (κ2) is 5.88. The number of aromatic nitrogens is 3. The molecule has 1 saturated heterocycles.